The van der Waals surface area contributed by atoms with Crippen molar-refractivity contribution in [2.75, 3.05) is 39.4 Å². The van der Waals surface area contributed by atoms with Gasteiger partial charge in [0.15, 0.2) is 0 Å². The molecule has 2 atom stereocenters. The van der Waals surface area contributed by atoms with E-state index in [1.54, 1.807) is 0 Å². The van der Waals surface area contributed by atoms with Gasteiger partial charge in [-0.2, -0.15) is 0 Å². The lowest BCUT2D eigenvalue weighted by molar-refractivity contribution is -0.124. The van der Waals surface area contributed by atoms with Crippen LogP contribution in [0.4, 0.5) is 0 Å². The number of carbonyl (C=O) groups excluding carboxylic acids is 1. The Kier molecular flexibility index (Phi) is 6.26. The Morgan fingerprint density at radius 3 is 2.70 bits per heavy atom. The molecule has 2 fully saturated rings. The molecule has 0 aromatic carbocycles. The van der Waals surface area contributed by atoms with Crippen molar-refractivity contribution >= 4 is 5.91 Å². The van der Waals surface area contributed by atoms with E-state index in [1.165, 1.54) is 0 Å². The van der Waals surface area contributed by atoms with Gasteiger partial charge in [-0.05, 0) is 44.2 Å². The molecule has 2 aliphatic heterocycles. The highest BCUT2D eigenvalue weighted by atomic mass is 16.5. The number of hydrogen-bond donors (Lipinski definition) is 2. The monoisotopic (exact) mass is 283 g/mol. The third kappa shape index (κ3) is 4.43. The summed E-state index contributed by atoms with van der Waals surface area (Å²) in [4.78, 5) is 14.4. The lowest BCUT2D eigenvalue weighted by Gasteiger charge is -2.37. The molecule has 5 heteroatoms. The van der Waals surface area contributed by atoms with Gasteiger partial charge in [-0.25, -0.2) is 0 Å². The molecule has 0 aliphatic carbocycles. The van der Waals surface area contributed by atoms with Crippen LogP contribution in [0.5, 0.6) is 0 Å². The molecule has 5 nitrogen and oxygen atoms in total. The largest absolute Gasteiger partial charge is 0.381 e. The summed E-state index contributed by atoms with van der Waals surface area (Å²) >= 11 is 0. The minimum absolute atomic E-state index is 0.165. The number of nitrogens with two attached hydrogens (primary N) is 1. The number of piperidine rings is 1. The number of likely N-dealkylation sites (tertiary alicyclic amines) is 1. The summed E-state index contributed by atoms with van der Waals surface area (Å²) in [5.41, 5.74) is 5.83. The van der Waals surface area contributed by atoms with Crippen LogP contribution in [0.2, 0.25) is 0 Å². The molecule has 1 amide bonds. The Morgan fingerprint density at radius 1 is 1.30 bits per heavy atom. The van der Waals surface area contributed by atoms with E-state index >= 15 is 0 Å². The van der Waals surface area contributed by atoms with Crippen LogP contribution < -0.4 is 11.1 Å². The molecule has 2 saturated heterocycles. The molecule has 2 unspecified atom stereocenters. The zero-order valence-corrected chi connectivity index (χ0v) is 12.6. The minimum Gasteiger partial charge on any atom is -0.381 e. The van der Waals surface area contributed by atoms with Crippen LogP contribution in [-0.2, 0) is 9.53 Å². The maximum absolute atomic E-state index is 12.1. The van der Waals surface area contributed by atoms with E-state index in [9.17, 15) is 4.79 Å². The number of ether oxygens (including phenoxy) is 1. The van der Waals surface area contributed by atoms with Crippen LogP contribution in [0.15, 0.2) is 0 Å². The van der Waals surface area contributed by atoms with Crippen molar-refractivity contribution in [3.05, 3.63) is 0 Å². The molecule has 2 aliphatic rings. The molecule has 0 aromatic heterocycles. The lowest BCUT2D eigenvalue weighted by atomic mass is 9.84. The van der Waals surface area contributed by atoms with Crippen molar-refractivity contribution in [2.24, 2.45) is 17.6 Å². The second-order valence-electron chi connectivity index (χ2n) is 6.14. The molecule has 0 saturated carbocycles. The molecule has 0 bridgehead atoms. The molecule has 0 radical (unpaired) electrons. The molecule has 0 spiro atoms. The van der Waals surface area contributed by atoms with Gasteiger partial charge in [0.1, 0.15) is 0 Å². The summed E-state index contributed by atoms with van der Waals surface area (Å²) in [6.45, 7) is 7.08. The first kappa shape index (κ1) is 15.7. The summed E-state index contributed by atoms with van der Waals surface area (Å²) in [5.74, 6) is 1.44. The first-order valence-corrected chi connectivity index (χ1v) is 8.02. The zero-order chi connectivity index (χ0) is 14.4. The highest BCUT2D eigenvalue weighted by Gasteiger charge is 2.28. The topological polar surface area (TPSA) is 67.6 Å². The Hall–Kier alpha value is -0.650. The summed E-state index contributed by atoms with van der Waals surface area (Å²) < 4.78 is 5.31. The van der Waals surface area contributed by atoms with Crippen LogP contribution in [0.3, 0.4) is 0 Å². The molecule has 2 heterocycles. The normalized spacial score (nSPS) is 29.3. The SMILES string of the molecule is CCC1CN(CC(=O)NC2CCOCC2)CCC1CN. The van der Waals surface area contributed by atoms with Gasteiger partial charge in [-0.15, -0.1) is 0 Å². The smallest absolute Gasteiger partial charge is 0.234 e. The van der Waals surface area contributed by atoms with Crippen molar-refractivity contribution in [1.82, 2.24) is 10.2 Å². The molecule has 116 valence electrons. The molecule has 20 heavy (non-hydrogen) atoms. The van der Waals surface area contributed by atoms with E-state index in [0.717, 1.165) is 58.5 Å². The Labute approximate surface area is 122 Å². The minimum atomic E-state index is 0.165. The number of rotatable bonds is 5. The highest BCUT2D eigenvalue weighted by Crippen LogP contribution is 2.25. The van der Waals surface area contributed by atoms with Crippen molar-refractivity contribution in [2.45, 2.75) is 38.6 Å². The van der Waals surface area contributed by atoms with Crippen LogP contribution in [-0.4, -0.2) is 56.2 Å². The highest BCUT2D eigenvalue weighted by molar-refractivity contribution is 5.78. The molecular weight excluding hydrogens is 254 g/mol. The summed E-state index contributed by atoms with van der Waals surface area (Å²) in [6.07, 6.45) is 4.16. The first-order chi connectivity index (χ1) is 9.72. The van der Waals surface area contributed by atoms with Crippen molar-refractivity contribution < 1.29 is 9.53 Å². The maximum atomic E-state index is 12.1. The van der Waals surface area contributed by atoms with E-state index in [1.807, 2.05) is 0 Å². The molecule has 3 N–H and O–H groups in total. The summed E-state index contributed by atoms with van der Waals surface area (Å²) in [6, 6.07) is 0.305. The van der Waals surface area contributed by atoms with Gasteiger partial charge in [0.25, 0.3) is 0 Å². The van der Waals surface area contributed by atoms with Crippen LogP contribution in [0.25, 0.3) is 0 Å². The fourth-order valence-electron chi connectivity index (χ4n) is 3.39. The quantitative estimate of drug-likeness (QED) is 0.775. The second kappa shape index (κ2) is 7.96. The third-order valence-electron chi connectivity index (χ3n) is 4.76. The molecule has 2 rings (SSSR count). The van der Waals surface area contributed by atoms with Gasteiger partial charge in [0, 0.05) is 25.8 Å². The summed E-state index contributed by atoms with van der Waals surface area (Å²) in [5, 5.41) is 3.14. The van der Waals surface area contributed by atoms with E-state index in [2.05, 4.69) is 17.1 Å². The van der Waals surface area contributed by atoms with Crippen molar-refractivity contribution in [1.29, 1.82) is 0 Å². The average Bonchev–Trinajstić information content (AvgIpc) is 2.48. The predicted octanol–water partition coefficient (Wildman–Crippen LogP) is 0.588. The Bertz CT molecular complexity index is 305. The fourth-order valence-corrected chi connectivity index (χ4v) is 3.39. The lowest BCUT2D eigenvalue weighted by Crippen LogP contribution is -2.48. The van der Waals surface area contributed by atoms with E-state index in [0.29, 0.717) is 24.4 Å². The summed E-state index contributed by atoms with van der Waals surface area (Å²) in [7, 11) is 0. The van der Waals surface area contributed by atoms with Crippen LogP contribution in [0.1, 0.15) is 32.6 Å². The number of hydrogen-bond acceptors (Lipinski definition) is 4. The van der Waals surface area contributed by atoms with Gasteiger partial charge in [0.05, 0.1) is 6.54 Å². The van der Waals surface area contributed by atoms with E-state index in [-0.39, 0.29) is 5.91 Å². The van der Waals surface area contributed by atoms with Gasteiger partial charge >= 0.3 is 0 Å². The van der Waals surface area contributed by atoms with E-state index < -0.39 is 0 Å². The fraction of sp³-hybridized carbons (Fsp3) is 0.933. The molecular formula is C15H29N3O2. The first-order valence-electron chi connectivity index (χ1n) is 8.02. The van der Waals surface area contributed by atoms with Gasteiger partial charge in [-0.1, -0.05) is 13.3 Å². The van der Waals surface area contributed by atoms with Gasteiger partial charge in [0.2, 0.25) is 5.91 Å². The van der Waals surface area contributed by atoms with Crippen LogP contribution >= 0.6 is 0 Å². The number of nitrogens with one attached hydrogen (secondary N) is 1. The van der Waals surface area contributed by atoms with E-state index in [4.69, 9.17) is 10.5 Å². The van der Waals surface area contributed by atoms with Crippen molar-refractivity contribution in [3.8, 4) is 0 Å². The van der Waals surface area contributed by atoms with Crippen molar-refractivity contribution in [3.63, 3.8) is 0 Å². The Balaban J connectivity index is 1.73. The number of amides is 1. The number of carbonyl (C=O) groups is 1. The van der Waals surface area contributed by atoms with Gasteiger partial charge < -0.3 is 15.8 Å². The van der Waals surface area contributed by atoms with Gasteiger partial charge in [-0.3, -0.25) is 9.69 Å². The molecule has 0 aromatic rings. The van der Waals surface area contributed by atoms with Crippen LogP contribution in [0, 0.1) is 11.8 Å². The maximum Gasteiger partial charge on any atom is 0.234 e. The third-order valence-corrected chi connectivity index (χ3v) is 4.76. The Morgan fingerprint density at radius 2 is 2.05 bits per heavy atom. The standard InChI is InChI=1S/C15H29N3O2/c1-2-12-10-18(6-3-13(12)9-16)11-15(19)17-14-4-7-20-8-5-14/h12-14H,2-11,16H2,1H3,(H,17,19). The number of nitrogens with zero attached hydrogens (tertiary/aromatic N) is 1. The zero-order valence-electron chi connectivity index (χ0n) is 12.6. The predicted molar refractivity (Wildman–Crippen MR) is 79.4 cm³/mol. The second-order valence-corrected chi connectivity index (χ2v) is 6.14. The average molecular weight is 283 g/mol.